The zero-order valence-corrected chi connectivity index (χ0v) is 15.7. The number of hydrogen-bond acceptors (Lipinski definition) is 6. The number of nitrogens with zero attached hydrogens (tertiary/aromatic N) is 1. The first kappa shape index (κ1) is 19.7. The molecule has 8 heteroatoms. The van der Waals surface area contributed by atoms with Crippen molar-refractivity contribution in [3.63, 3.8) is 0 Å². The lowest BCUT2D eigenvalue weighted by atomic mass is 10.0. The van der Waals surface area contributed by atoms with E-state index in [-0.39, 0.29) is 34.7 Å². The van der Waals surface area contributed by atoms with Crippen molar-refractivity contribution in [1.82, 2.24) is 9.97 Å². The fourth-order valence-electron chi connectivity index (χ4n) is 2.30. The van der Waals surface area contributed by atoms with Crippen molar-refractivity contribution in [2.45, 2.75) is 31.3 Å². The van der Waals surface area contributed by atoms with Crippen LogP contribution in [0.25, 0.3) is 0 Å². The van der Waals surface area contributed by atoms with Crippen LogP contribution in [0.1, 0.15) is 31.0 Å². The Kier molecular flexibility index (Phi) is 6.97. The topological polar surface area (TPSA) is 101 Å². The molecule has 0 saturated heterocycles. The quantitative estimate of drug-likeness (QED) is 0.438. The van der Waals surface area contributed by atoms with Gasteiger partial charge >= 0.3 is 5.97 Å². The lowest BCUT2D eigenvalue weighted by molar-refractivity contribution is -0.139. The predicted molar refractivity (Wildman–Crippen MR) is 100 cm³/mol. The zero-order chi connectivity index (χ0) is 19.1. The Bertz CT molecular complexity index is 848. The van der Waals surface area contributed by atoms with Gasteiger partial charge in [0.15, 0.2) is 5.16 Å². The molecule has 0 saturated carbocycles. The molecule has 26 heavy (non-hydrogen) atoms. The molecule has 0 atom stereocenters. The molecule has 0 unspecified atom stereocenters. The van der Waals surface area contributed by atoms with Crippen LogP contribution < -0.4 is 10.9 Å². The summed E-state index contributed by atoms with van der Waals surface area (Å²) in [7, 11) is 1.27. The highest BCUT2D eigenvalue weighted by molar-refractivity contribution is 7.99. The molecule has 138 valence electrons. The minimum atomic E-state index is -0.484. The number of para-hydroxylation sites is 1. The number of H-pyrrole nitrogens is 1. The fourth-order valence-corrected chi connectivity index (χ4v) is 2.99. The van der Waals surface area contributed by atoms with Crippen molar-refractivity contribution in [2.75, 3.05) is 18.2 Å². The van der Waals surface area contributed by atoms with Crippen molar-refractivity contribution in [2.24, 2.45) is 0 Å². The number of rotatable bonds is 7. The van der Waals surface area contributed by atoms with Crippen LogP contribution in [0, 0.1) is 0 Å². The molecule has 2 N–H and O–H groups in total. The number of carbonyl (C=O) groups excluding carboxylic acids is 2. The Morgan fingerprint density at radius 2 is 2.04 bits per heavy atom. The number of aromatic nitrogens is 2. The maximum Gasteiger partial charge on any atom is 0.311 e. The van der Waals surface area contributed by atoms with E-state index in [9.17, 15) is 14.4 Å². The van der Waals surface area contributed by atoms with Gasteiger partial charge in [0.05, 0.1) is 25.0 Å². The second-order valence-electron chi connectivity index (χ2n) is 5.87. The van der Waals surface area contributed by atoms with Crippen LogP contribution in [-0.4, -0.2) is 34.7 Å². The first-order valence-corrected chi connectivity index (χ1v) is 9.06. The molecule has 1 heterocycles. The van der Waals surface area contributed by atoms with Crippen molar-refractivity contribution < 1.29 is 14.3 Å². The largest absolute Gasteiger partial charge is 0.469 e. The summed E-state index contributed by atoms with van der Waals surface area (Å²) in [5.41, 5.74) is 1.74. The summed E-state index contributed by atoms with van der Waals surface area (Å²) in [6.07, 6.45) is -0.0953. The molecule has 2 rings (SSSR count). The van der Waals surface area contributed by atoms with Gasteiger partial charge in [-0.05, 0) is 17.5 Å². The summed E-state index contributed by atoms with van der Waals surface area (Å²) in [6.45, 7) is 4.11. The Hall–Kier alpha value is -2.61. The summed E-state index contributed by atoms with van der Waals surface area (Å²) in [6, 6.07) is 8.86. The van der Waals surface area contributed by atoms with E-state index in [4.69, 9.17) is 0 Å². The maximum absolute atomic E-state index is 12.2. The SMILES string of the molecule is COC(=O)Cc1cc(=O)[nH]c(SCC(=O)Nc2ccccc2C(C)C)n1. The fraction of sp³-hybridized carbons (Fsp3) is 0.333. The monoisotopic (exact) mass is 375 g/mol. The van der Waals surface area contributed by atoms with Crippen LogP contribution in [0.2, 0.25) is 0 Å². The number of anilines is 1. The predicted octanol–water partition coefficient (Wildman–Crippen LogP) is 2.34. The van der Waals surface area contributed by atoms with Crippen LogP contribution in [0.3, 0.4) is 0 Å². The summed E-state index contributed by atoms with van der Waals surface area (Å²) >= 11 is 1.09. The van der Waals surface area contributed by atoms with Crippen LogP contribution in [0.4, 0.5) is 5.69 Å². The summed E-state index contributed by atoms with van der Waals surface area (Å²) in [4.78, 5) is 41.9. The second kappa shape index (κ2) is 9.19. The third-order valence-electron chi connectivity index (χ3n) is 3.52. The van der Waals surface area contributed by atoms with Crippen LogP contribution in [0.15, 0.2) is 40.3 Å². The molecule has 0 aliphatic heterocycles. The van der Waals surface area contributed by atoms with Crippen molar-refractivity contribution >= 4 is 29.3 Å². The number of methoxy groups -OCH3 is 1. The van der Waals surface area contributed by atoms with Crippen molar-refractivity contribution in [3.8, 4) is 0 Å². The van der Waals surface area contributed by atoms with Gasteiger partial charge in [0, 0.05) is 11.8 Å². The number of amides is 1. The summed E-state index contributed by atoms with van der Waals surface area (Å²) in [5, 5.41) is 3.16. The van der Waals surface area contributed by atoms with Gasteiger partial charge in [0.25, 0.3) is 5.56 Å². The molecule has 1 aromatic heterocycles. The normalized spacial score (nSPS) is 10.6. The lowest BCUT2D eigenvalue weighted by Gasteiger charge is -2.13. The van der Waals surface area contributed by atoms with Gasteiger partial charge in [-0.3, -0.25) is 14.4 Å². The summed E-state index contributed by atoms with van der Waals surface area (Å²) in [5.74, 6) is -0.324. The Balaban J connectivity index is 2.01. The standard InChI is InChI=1S/C18H21N3O4S/c1-11(2)13-6-4-5-7-14(13)20-16(23)10-26-18-19-12(8-15(22)21-18)9-17(24)25-3/h4-8,11H,9-10H2,1-3H3,(H,20,23)(H,19,21,22). The number of esters is 1. The van der Waals surface area contributed by atoms with Crippen LogP contribution in [-0.2, 0) is 20.7 Å². The lowest BCUT2D eigenvalue weighted by Crippen LogP contribution is -2.17. The molecule has 7 nitrogen and oxygen atoms in total. The highest BCUT2D eigenvalue weighted by Crippen LogP contribution is 2.24. The highest BCUT2D eigenvalue weighted by atomic mass is 32.2. The number of benzene rings is 1. The third-order valence-corrected chi connectivity index (χ3v) is 4.40. The number of thioether (sulfide) groups is 1. The van der Waals surface area contributed by atoms with E-state index in [0.29, 0.717) is 5.69 Å². The molecule has 1 aromatic carbocycles. The molecule has 0 spiro atoms. The highest BCUT2D eigenvalue weighted by Gasteiger charge is 2.12. The Labute approximate surface area is 155 Å². The van der Waals surface area contributed by atoms with Crippen LogP contribution in [0.5, 0.6) is 0 Å². The first-order chi connectivity index (χ1) is 12.4. The molecule has 0 bridgehead atoms. The van der Waals surface area contributed by atoms with Crippen molar-refractivity contribution in [1.29, 1.82) is 0 Å². The van der Waals surface area contributed by atoms with Crippen LogP contribution >= 0.6 is 11.8 Å². The van der Waals surface area contributed by atoms with E-state index in [1.54, 1.807) is 0 Å². The molecule has 0 aliphatic carbocycles. The van der Waals surface area contributed by atoms with E-state index in [2.05, 4.69) is 33.9 Å². The molecule has 2 aromatic rings. The third kappa shape index (κ3) is 5.73. The molecular formula is C18H21N3O4S. The maximum atomic E-state index is 12.2. The number of aromatic amines is 1. The molecule has 0 radical (unpaired) electrons. The minimum Gasteiger partial charge on any atom is -0.469 e. The van der Waals surface area contributed by atoms with E-state index < -0.39 is 5.97 Å². The summed E-state index contributed by atoms with van der Waals surface area (Å²) < 4.78 is 4.57. The van der Waals surface area contributed by atoms with Gasteiger partial charge in [-0.1, -0.05) is 43.8 Å². The Morgan fingerprint density at radius 3 is 2.73 bits per heavy atom. The first-order valence-electron chi connectivity index (χ1n) is 8.07. The average molecular weight is 375 g/mol. The van der Waals surface area contributed by atoms with Gasteiger partial charge in [-0.15, -0.1) is 0 Å². The van der Waals surface area contributed by atoms with E-state index >= 15 is 0 Å². The van der Waals surface area contributed by atoms with E-state index in [0.717, 1.165) is 23.0 Å². The molecule has 1 amide bonds. The molecule has 0 aliphatic rings. The zero-order valence-electron chi connectivity index (χ0n) is 14.9. The smallest absolute Gasteiger partial charge is 0.311 e. The van der Waals surface area contributed by atoms with Gasteiger partial charge in [-0.2, -0.15) is 0 Å². The van der Waals surface area contributed by atoms with Gasteiger partial charge < -0.3 is 15.0 Å². The number of nitrogens with one attached hydrogen (secondary N) is 2. The van der Waals surface area contributed by atoms with E-state index in [1.807, 2.05) is 24.3 Å². The second-order valence-corrected chi connectivity index (χ2v) is 6.84. The van der Waals surface area contributed by atoms with Gasteiger partial charge in [0.2, 0.25) is 5.91 Å². The minimum absolute atomic E-state index is 0.0804. The average Bonchev–Trinajstić information content (AvgIpc) is 2.59. The number of hydrogen-bond donors (Lipinski definition) is 2. The van der Waals surface area contributed by atoms with Gasteiger partial charge in [0.1, 0.15) is 0 Å². The molecule has 0 fully saturated rings. The number of ether oxygens (including phenoxy) is 1. The van der Waals surface area contributed by atoms with Gasteiger partial charge in [-0.25, -0.2) is 4.98 Å². The molecular weight excluding hydrogens is 354 g/mol. The number of carbonyl (C=O) groups is 2. The van der Waals surface area contributed by atoms with Crippen molar-refractivity contribution in [3.05, 3.63) is 51.9 Å². The van der Waals surface area contributed by atoms with E-state index in [1.165, 1.54) is 13.2 Å². The Morgan fingerprint density at radius 1 is 1.31 bits per heavy atom.